The van der Waals surface area contributed by atoms with Crippen LogP contribution in [0.4, 0.5) is 0 Å². The summed E-state index contributed by atoms with van der Waals surface area (Å²) >= 11 is 0. The largest absolute Gasteiger partial charge is 0.377 e. The lowest BCUT2D eigenvalue weighted by Crippen LogP contribution is -2.45. The maximum atomic E-state index is 12.5. The van der Waals surface area contributed by atoms with E-state index in [-0.39, 0.29) is 24.2 Å². The highest BCUT2D eigenvalue weighted by Crippen LogP contribution is 2.15. The summed E-state index contributed by atoms with van der Waals surface area (Å²) in [5.41, 5.74) is 1.28. The van der Waals surface area contributed by atoms with Crippen LogP contribution in [0.1, 0.15) is 19.8 Å². The number of H-pyrrole nitrogens is 1. The number of hydrogen-bond donors (Lipinski definition) is 1. The Bertz CT molecular complexity index is 717. The molecule has 1 aliphatic heterocycles. The number of rotatable bonds is 4. The number of amides is 1. The van der Waals surface area contributed by atoms with Crippen molar-refractivity contribution in [2.45, 2.75) is 32.4 Å². The van der Waals surface area contributed by atoms with Crippen LogP contribution in [0.3, 0.4) is 0 Å². The number of nitrogens with one attached hydrogen (secondary N) is 1. The van der Waals surface area contributed by atoms with Crippen molar-refractivity contribution in [2.24, 2.45) is 0 Å². The number of aromatic nitrogens is 2. The first-order chi connectivity index (χ1) is 10.7. The minimum atomic E-state index is -0.243. The number of aromatic amines is 1. The minimum absolute atomic E-state index is 0.0312. The van der Waals surface area contributed by atoms with Crippen molar-refractivity contribution in [2.75, 3.05) is 19.7 Å². The van der Waals surface area contributed by atoms with Gasteiger partial charge in [0, 0.05) is 19.7 Å². The number of likely N-dealkylation sites (tertiary alicyclic amines) is 1. The summed E-state index contributed by atoms with van der Waals surface area (Å²) < 4.78 is 7.13. The summed E-state index contributed by atoms with van der Waals surface area (Å²) in [7, 11) is 0. The summed E-state index contributed by atoms with van der Waals surface area (Å²) in [4.78, 5) is 29.1. The van der Waals surface area contributed by atoms with E-state index in [2.05, 4.69) is 4.98 Å². The molecule has 2 heterocycles. The standard InChI is InChI=1S/C16H21N3O3/c1-2-22-12-6-5-9-18(10-12)15(20)11-19-14-8-4-3-7-13(14)17-16(19)21/h3-4,7-8,12H,2,5-6,9-11H2,1H3,(H,17,21)/t12-/m0/s1. The number of carbonyl (C=O) groups is 1. The van der Waals surface area contributed by atoms with Crippen LogP contribution in [-0.2, 0) is 16.1 Å². The summed E-state index contributed by atoms with van der Waals surface area (Å²) in [6.07, 6.45) is 2.05. The highest BCUT2D eigenvalue weighted by Gasteiger charge is 2.24. The first kappa shape index (κ1) is 14.8. The van der Waals surface area contributed by atoms with Crippen molar-refractivity contribution >= 4 is 16.9 Å². The maximum absolute atomic E-state index is 12.5. The van der Waals surface area contributed by atoms with Crippen LogP contribution >= 0.6 is 0 Å². The molecule has 1 amide bonds. The van der Waals surface area contributed by atoms with Crippen LogP contribution in [0.5, 0.6) is 0 Å². The minimum Gasteiger partial charge on any atom is -0.377 e. The van der Waals surface area contributed by atoms with Crippen LogP contribution < -0.4 is 5.69 Å². The normalized spacial score (nSPS) is 18.8. The van der Waals surface area contributed by atoms with Crippen molar-refractivity contribution in [1.82, 2.24) is 14.5 Å². The van der Waals surface area contributed by atoms with Crippen molar-refractivity contribution in [3.8, 4) is 0 Å². The Balaban J connectivity index is 1.75. The molecule has 1 aromatic carbocycles. The number of fused-ring (bicyclic) bond motifs is 1. The second kappa shape index (κ2) is 6.36. The number of piperidine rings is 1. The number of benzene rings is 1. The Morgan fingerprint density at radius 2 is 2.23 bits per heavy atom. The van der Waals surface area contributed by atoms with E-state index < -0.39 is 0 Å². The van der Waals surface area contributed by atoms with E-state index in [4.69, 9.17) is 4.74 Å². The van der Waals surface area contributed by atoms with Gasteiger partial charge in [-0.25, -0.2) is 4.79 Å². The van der Waals surface area contributed by atoms with E-state index >= 15 is 0 Å². The fourth-order valence-corrected chi connectivity index (χ4v) is 3.04. The molecule has 1 N–H and O–H groups in total. The van der Waals surface area contributed by atoms with Crippen LogP contribution in [0, 0.1) is 0 Å². The quantitative estimate of drug-likeness (QED) is 0.927. The van der Waals surface area contributed by atoms with Crippen molar-refractivity contribution in [1.29, 1.82) is 0 Å². The Kier molecular flexibility index (Phi) is 4.29. The van der Waals surface area contributed by atoms with Crippen LogP contribution in [0.15, 0.2) is 29.1 Å². The number of imidazole rings is 1. The average molecular weight is 303 g/mol. The maximum Gasteiger partial charge on any atom is 0.326 e. The molecule has 6 nitrogen and oxygen atoms in total. The molecule has 1 saturated heterocycles. The van der Waals surface area contributed by atoms with Crippen molar-refractivity contribution in [3.05, 3.63) is 34.7 Å². The van der Waals surface area contributed by atoms with Crippen LogP contribution in [-0.4, -0.2) is 46.2 Å². The zero-order valence-corrected chi connectivity index (χ0v) is 12.7. The molecule has 0 spiro atoms. The smallest absolute Gasteiger partial charge is 0.326 e. The first-order valence-corrected chi connectivity index (χ1v) is 7.76. The van der Waals surface area contributed by atoms with E-state index in [1.54, 1.807) is 4.90 Å². The predicted molar refractivity (Wildman–Crippen MR) is 83.8 cm³/mol. The molecule has 0 saturated carbocycles. The Morgan fingerprint density at radius 1 is 1.41 bits per heavy atom. The Morgan fingerprint density at radius 3 is 3.05 bits per heavy atom. The van der Waals surface area contributed by atoms with Gasteiger partial charge in [-0.15, -0.1) is 0 Å². The number of para-hydroxylation sites is 2. The van der Waals surface area contributed by atoms with Crippen molar-refractivity contribution in [3.63, 3.8) is 0 Å². The molecular weight excluding hydrogens is 282 g/mol. The third-order valence-corrected chi connectivity index (χ3v) is 4.11. The van der Waals surface area contributed by atoms with Gasteiger partial charge < -0.3 is 14.6 Å². The highest BCUT2D eigenvalue weighted by atomic mass is 16.5. The monoisotopic (exact) mass is 303 g/mol. The fraction of sp³-hybridized carbons (Fsp3) is 0.500. The first-order valence-electron chi connectivity index (χ1n) is 7.76. The van der Waals surface area contributed by atoms with E-state index in [1.807, 2.05) is 31.2 Å². The van der Waals surface area contributed by atoms with E-state index in [1.165, 1.54) is 4.57 Å². The fourth-order valence-electron chi connectivity index (χ4n) is 3.04. The molecule has 1 aromatic heterocycles. The number of carbonyl (C=O) groups excluding carboxylic acids is 1. The Labute approximate surface area is 128 Å². The van der Waals surface area contributed by atoms with E-state index in [0.29, 0.717) is 13.2 Å². The number of ether oxygens (including phenoxy) is 1. The Hall–Kier alpha value is -2.08. The van der Waals surface area contributed by atoms with E-state index in [9.17, 15) is 9.59 Å². The highest BCUT2D eigenvalue weighted by molar-refractivity contribution is 5.80. The van der Waals surface area contributed by atoms with Gasteiger partial charge in [0.1, 0.15) is 6.54 Å². The molecule has 22 heavy (non-hydrogen) atoms. The van der Waals surface area contributed by atoms with Gasteiger partial charge in [-0.3, -0.25) is 9.36 Å². The molecule has 0 bridgehead atoms. The second-order valence-electron chi connectivity index (χ2n) is 5.59. The molecule has 6 heteroatoms. The van der Waals surface area contributed by atoms with Gasteiger partial charge in [-0.05, 0) is 31.9 Å². The van der Waals surface area contributed by atoms with Crippen molar-refractivity contribution < 1.29 is 9.53 Å². The molecule has 0 radical (unpaired) electrons. The zero-order valence-electron chi connectivity index (χ0n) is 12.7. The molecule has 1 aliphatic rings. The van der Waals surface area contributed by atoms with Gasteiger partial charge in [0.15, 0.2) is 0 Å². The predicted octanol–water partition coefficient (Wildman–Crippen LogP) is 1.36. The summed E-state index contributed by atoms with van der Waals surface area (Å²) in [6.45, 7) is 4.05. The molecular formula is C16H21N3O3. The summed E-state index contributed by atoms with van der Waals surface area (Å²) in [6, 6.07) is 7.41. The molecule has 0 aliphatic carbocycles. The van der Waals surface area contributed by atoms with Crippen LogP contribution in [0.25, 0.3) is 11.0 Å². The van der Waals surface area contributed by atoms with Crippen LogP contribution in [0.2, 0.25) is 0 Å². The molecule has 2 aromatic rings. The lowest BCUT2D eigenvalue weighted by molar-refractivity contribution is -0.135. The van der Waals surface area contributed by atoms with Gasteiger partial charge in [-0.2, -0.15) is 0 Å². The SMILES string of the molecule is CCO[C@H]1CCCN(C(=O)Cn2c(=O)[nH]c3ccccc32)C1. The van der Waals surface area contributed by atoms with Gasteiger partial charge in [-0.1, -0.05) is 12.1 Å². The lowest BCUT2D eigenvalue weighted by Gasteiger charge is -2.32. The molecule has 3 rings (SSSR count). The zero-order chi connectivity index (χ0) is 15.5. The van der Waals surface area contributed by atoms with Gasteiger partial charge in [0.25, 0.3) is 0 Å². The summed E-state index contributed by atoms with van der Waals surface area (Å²) in [5.74, 6) is -0.0312. The second-order valence-corrected chi connectivity index (χ2v) is 5.59. The van der Waals surface area contributed by atoms with Gasteiger partial charge >= 0.3 is 5.69 Å². The summed E-state index contributed by atoms with van der Waals surface area (Å²) in [5, 5.41) is 0. The number of nitrogens with zero attached hydrogens (tertiary/aromatic N) is 2. The topological polar surface area (TPSA) is 67.3 Å². The molecule has 0 unspecified atom stereocenters. The lowest BCUT2D eigenvalue weighted by atomic mass is 10.1. The third kappa shape index (κ3) is 2.92. The number of hydrogen-bond acceptors (Lipinski definition) is 3. The van der Waals surface area contributed by atoms with Gasteiger partial charge in [0.2, 0.25) is 5.91 Å². The molecule has 1 atom stereocenters. The average Bonchev–Trinajstić information content (AvgIpc) is 2.84. The third-order valence-electron chi connectivity index (χ3n) is 4.11. The van der Waals surface area contributed by atoms with Gasteiger partial charge in [0.05, 0.1) is 17.1 Å². The molecule has 1 fully saturated rings. The molecule has 118 valence electrons. The van der Waals surface area contributed by atoms with E-state index in [0.717, 1.165) is 30.4 Å².